The minimum Gasteiger partial charge on any atom is -0.394 e. The maximum absolute atomic E-state index is 12.2. The summed E-state index contributed by atoms with van der Waals surface area (Å²) < 4.78 is 0. The van der Waals surface area contributed by atoms with Gasteiger partial charge in [0.1, 0.15) is 5.82 Å². The number of aromatic nitrogens is 1. The average molecular weight is 252 g/mol. The number of nitrogen functional groups attached to an aromatic ring is 1. The Morgan fingerprint density at radius 1 is 1.61 bits per heavy atom. The molecule has 0 bridgehead atoms. The lowest BCUT2D eigenvalue weighted by Crippen LogP contribution is -2.37. The van der Waals surface area contributed by atoms with Gasteiger partial charge in [0.25, 0.3) is 5.91 Å². The van der Waals surface area contributed by atoms with E-state index in [-0.39, 0.29) is 18.6 Å². The number of nitrogens with two attached hydrogens (primary N) is 1. The van der Waals surface area contributed by atoms with E-state index < -0.39 is 0 Å². The fraction of sp³-hybridized carbons (Fsp3) is 0.500. The van der Waals surface area contributed by atoms with Gasteiger partial charge in [0.15, 0.2) is 0 Å². The highest BCUT2D eigenvalue weighted by Gasteiger charge is 2.18. The number of aryl methyl sites for hydroxylation is 1. The molecule has 100 valence electrons. The number of anilines is 1. The molecule has 0 aliphatic rings. The number of carbonyl (C=O) groups is 1. The number of hydrogen-bond donors (Lipinski definition) is 3. The predicted octanol–water partition coefficient (Wildman–Crippen LogP) is 0.382. The zero-order valence-electron chi connectivity index (χ0n) is 11.0. The molecule has 6 heteroatoms. The molecule has 18 heavy (non-hydrogen) atoms. The van der Waals surface area contributed by atoms with Gasteiger partial charge in [0.2, 0.25) is 0 Å². The number of pyridine rings is 1. The molecule has 1 aromatic rings. The minimum absolute atomic E-state index is 0.0735. The van der Waals surface area contributed by atoms with Crippen LogP contribution < -0.4 is 11.3 Å². The molecule has 1 heterocycles. The summed E-state index contributed by atoms with van der Waals surface area (Å²) in [6.45, 7) is 3.66. The topological polar surface area (TPSA) is 91.5 Å². The van der Waals surface area contributed by atoms with Crippen LogP contribution >= 0.6 is 0 Å². The quantitative estimate of drug-likeness (QED) is 0.520. The van der Waals surface area contributed by atoms with Gasteiger partial charge in [-0.05, 0) is 25.5 Å². The van der Waals surface area contributed by atoms with Crippen LogP contribution in [0.3, 0.4) is 0 Å². The van der Waals surface area contributed by atoms with Crippen molar-refractivity contribution in [3.63, 3.8) is 0 Å². The minimum atomic E-state index is -0.231. The molecule has 0 fully saturated rings. The number of carbonyl (C=O) groups excluding carboxylic acids is 1. The van der Waals surface area contributed by atoms with Crippen molar-refractivity contribution in [2.45, 2.75) is 26.3 Å². The van der Waals surface area contributed by atoms with Gasteiger partial charge in [0, 0.05) is 18.3 Å². The molecule has 1 amide bonds. The first-order valence-corrected chi connectivity index (χ1v) is 5.89. The first kappa shape index (κ1) is 14.4. The summed E-state index contributed by atoms with van der Waals surface area (Å²) in [5, 5.41) is 9.06. The van der Waals surface area contributed by atoms with Crippen molar-refractivity contribution in [3.05, 3.63) is 23.4 Å². The lowest BCUT2D eigenvalue weighted by Gasteiger charge is -2.23. The molecule has 1 rings (SSSR count). The smallest absolute Gasteiger partial charge is 0.254 e. The van der Waals surface area contributed by atoms with Crippen LogP contribution in [0.5, 0.6) is 0 Å². The number of hydrogen-bond acceptors (Lipinski definition) is 5. The van der Waals surface area contributed by atoms with Crippen LogP contribution in [0, 0.1) is 0 Å². The van der Waals surface area contributed by atoms with E-state index in [4.69, 9.17) is 10.9 Å². The number of hydrazine groups is 1. The molecule has 0 spiro atoms. The molecule has 0 saturated heterocycles. The summed E-state index contributed by atoms with van der Waals surface area (Å²) >= 11 is 0. The van der Waals surface area contributed by atoms with Crippen LogP contribution in [0.1, 0.15) is 29.9 Å². The zero-order valence-corrected chi connectivity index (χ0v) is 11.0. The van der Waals surface area contributed by atoms with E-state index in [0.717, 1.165) is 12.1 Å². The van der Waals surface area contributed by atoms with E-state index in [1.165, 1.54) is 4.90 Å². The molecule has 1 atom stereocenters. The van der Waals surface area contributed by atoms with Gasteiger partial charge in [-0.1, -0.05) is 6.92 Å². The van der Waals surface area contributed by atoms with Crippen molar-refractivity contribution in [2.75, 3.05) is 19.1 Å². The zero-order chi connectivity index (χ0) is 13.7. The first-order valence-electron chi connectivity index (χ1n) is 5.89. The molecule has 0 radical (unpaired) electrons. The second-order valence-corrected chi connectivity index (χ2v) is 4.18. The fourth-order valence-electron chi connectivity index (χ4n) is 1.49. The Bertz CT molecular complexity index is 400. The Labute approximate surface area is 107 Å². The molecule has 0 aromatic carbocycles. The molecule has 1 unspecified atom stereocenters. The van der Waals surface area contributed by atoms with Gasteiger partial charge in [0.05, 0.1) is 12.6 Å². The molecule has 0 aliphatic carbocycles. The number of amides is 1. The number of aliphatic hydroxyl groups is 1. The van der Waals surface area contributed by atoms with E-state index >= 15 is 0 Å². The van der Waals surface area contributed by atoms with Crippen molar-refractivity contribution in [3.8, 4) is 0 Å². The Balaban J connectivity index is 3.04. The Hall–Kier alpha value is -1.66. The third kappa shape index (κ3) is 3.18. The van der Waals surface area contributed by atoms with Crippen molar-refractivity contribution in [1.29, 1.82) is 0 Å². The summed E-state index contributed by atoms with van der Waals surface area (Å²) in [4.78, 5) is 17.9. The molecular weight excluding hydrogens is 232 g/mol. The fourth-order valence-corrected chi connectivity index (χ4v) is 1.49. The van der Waals surface area contributed by atoms with Gasteiger partial charge < -0.3 is 15.4 Å². The monoisotopic (exact) mass is 252 g/mol. The van der Waals surface area contributed by atoms with E-state index in [2.05, 4.69) is 10.4 Å². The SMILES string of the molecule is CCc1cc(C(=O)N(C)C(C)CO)cc(NN)n1. The summed E-state index contributed by atoms with van der Waals surface area (Å²) in [5.41, 5.74) is 3.75. The second-order valence-electron chi connectivity index (χ2n) is 4.18. The highest BCUT2D eigenvalue weighted by Crippen LogP contribution is 2.13. The molecule has 0 saturated carbocycles. The highest BCUT2D eigenvalue weighted by molar-refractivity contribution is 5.95. The first-order chi connectivity index (χ1) is 8.53. The molecule has 0 aliphatic heterocycles. The Morgan fingerprint density at radius 3 is 2.78 bits per heavy atom. The Kier molecular flexibility index (Phi) is 5.06. The second kappa shape index (κ2) is 6.32. The van der Waals surface area contributed by atoms with Crippen LogP contribution in [-0.4, -0.2) is 40.6 Å². The molecule has 1 aromatic heterocycles. The molecular formula is C12H20N4O2. The standard InChI is InChI=1S/C12H20N4O2/c1-4-10-5-9(6-11(14-10)15-13)12(18)16(3)8(2)7-17/h5-6,8,17H,4,7,13H2,1-3H3,(H,14,15). The van der Waals surface area contributed by atoms with Crippen molar-refractivity contribution in [1.82, 2.24) is 9.88 Å². The van der Waals surface area contributed by atoms with Gasteiger partial charge in [-0.2, -0.15) is 0 Å². The Morgan fingerprint density at radius 2 is 2.28 bits per heavy atom. The lowest BCUT2D eigenvalue weighted by atomic mass is 10.1. The van der Waals surface area contributed by atoms with Gasteiger partial charge in [-0.3, -0.25) is 4.79 Å². The van der Waals surface area contributed by atoms with Gasteiger partial charge >= 0.3 is 0 Å². The van der Waals surface area contributed by atoms with Gasteiger partial charge in [-0.25, -0.2) is 10.8 Å². The maximum atomic E-state index is 12.2. The van der Waals surface area contributed by atoms with Crippen LogP contribution in [0.15, 0.2) is 12.1 Å². The summed E-state index contributed by atoms with van der Waals surface area (Å²) in [7, 11) is 1.66. The van der Waals surface area contributed by atoms with Crippen LogP contribution in [-0.2, 0) is 6.42 Å². The number of aliphatic hydroxyl groups excluding tert-OH is 1. The number of nitrogens with zero attached hydrogens (tertiary/aromatic N) is 2. The number of rotatable bonds is 5. The van der Waals surface area contributed by atoms with Gasteiger partial charge in [-0.15, -0.1) is 0 Å². The third-order valence-corrected chi connectivity index (χ3v) is 2.88. The summed E-state index contributed by atoms with van der Waals surface area (Å²) in [6.07, 6.45) is 0.717. The summed E-state index contributed by atoms with van der Waals surface area (Å²) in [6, 6.07) is 3.11. The van der Waals surface area contributed by atoms with E-state index in [9.17, 15) is 4.79 Å². The molecule has 4 N–H and O–H groups in total. The van der Waals surface area contributed by atoms with Crippen LogP contribution in [0.4, 0.5) is 5.82 Å². The van der Waals surface area contributed by atoms with E-state index in [1.54, 1.807) is 26.1 Å². The van der Waals surface area contributed by atoms with Crippen LogP contribution in [0.25, 0.3) is 0 Å². The normalized spacial score (nSPS) is 12.1. The number of likely N-dealkylation sites (N-methyl/N-ethyl adjacent to an activating group) is 1. The van der Waals surface area contributed by atoms with E-state index in [0.29, 0.717) is 11.4 Å². The van der Waals surface area contributed by atoms with Crippen LogP contribution in [0.2, 0.25) is 0 Å². The van der Waals surface area contributed by atoms with Crippen molar-refractivity contribution < 1.29 is 9.90 Å². The highest BCUT2D eigenvalue weighted by atomic mass is 16.3. The van der Waals surface area contributed by atoms with E-state index in [1.807, 2.05) is 6.92 Å². The lowest BCUT2D eigenvalue weighted by molar-refractivity contribution is 0.0682. The number of nitrogens with one attached hydrogen (secondary N) is 1. The van der Waals surface area contributed by atoms with Crippen molar-refractivity contribution in [2.24, 2.45) is 5.84 Å². The molecule has 6 nitrogen and oxygen atoms in total. The average Bonchev–Trinajstić information content (AvgIpc) is 2.43. The largest absolute Gasteiger partial charge is 0.394 e. The van der Waals surface area contributed by atoms with Crippen molar-refractivity contribution >= 4 is 11.7 Å². The third-order valence-electron chi connectivity index (χ3n) is 2.88. The summed E-state index contributed by atoms with van der Waals surface area (Å²) in [5.74, 6) is 5.63. The predicted molar refractivity (Wildman–Crippen MR) is 70.1 cm³/mol. The maximum Gasteiger partial charge on any atom is 0.254 e.